The number of hydrogen-bond donors (Lipinski definition) is 1. The van der Waals surface area contributed by atoms with Gasteiger partial charge in [-0.1, -0.05) is 6.07 Å². The Balaban J connectivity index is 2.07. The maximum Gasteiger partial charge on any atom is 0.323 e. The van der Waals surface area contributed by atoms with Crippen molar-refractivity contribution < 1.29 is 19.1 Å². The largest absolute Gasteiger partial charge is 0.480 e. The smallest absolute Gasteiger partial charge is 0.323 e. The highest BCUT2D eigenvalue weighted by atomic mass is 19.1. The van der Waals surface area contributed by atoms with Gasteiger partial charge in [-0.05, 0) is 43.9 Å². The topological polar surface area (TPSA) is 75.4 Å². The van der Waals surface area contributed by atoms with Gasteiger partial charge in [0, 0.05) is 18.3 Å². The molecule has 0 bridgehead atoms. The van der Waals surface area contributed by atoms with E-state index in [0.29, 0.717) is 18.5 Å². The van der Waals surface area contributed by atoms with Gasteiger partial charge in [0.2, 0.25) is 0 Å². The lowest BCUT2D eigenvalue weighted by atomic mass is 10.2. The Morgan fingerprint density at radius 1 is 1.38 bits per heavy atom. The number of benzene rings is 1. The van der Waals surface area contributed by atoms with Crippen molar-refractivity contribution in [2.75, 3.05) is 13.6 Å². The van der Waals surface area contributed by atoms with Gasteiger partial charge in [-0.2, -0.15) is 5.10 Å². The molecule has 126 valence electrons. The van der Waals surface area contributed by atoms with E-state index in [4.69, 9.17) is 5.11 Å². The van der Waals surface area contributed by atoms with E-state index < -0.39 is 24.2 Å². The number of fused-ring (bicyclic) bond motifs is 1. The van der Waals surface area contributed by atoms with Gasteiger partial charge >= 0.3 is 5.97 Å². The van der Waals surface area contributed by atoms with Crippen LogP contribution in [0.2, 0.25) is 0 Å². The number of carbonyl (C=O) groups is 2. The van der Waals surface area contributed by atoms with Crippen LogP contribution < -0.4 is 0 Å². The number of aliphatic carboxylic acids is 1. The van der Waals surface area contributed by atoms with Gasteiger partial charge in [-0.25, -0.2) is 9.07 Å². The van der Waals surface area contributed by atoms with E-state index in [1.54, 1.807) is 12.1 Å². The highest BCUT2D eigenvalue weighted by Gasteiger charge is 2.29. The zero-order chi connectivity index (χ0) is 17.4. The van der Waals surface area contributed by atoms with Crippen LogP contribution in [0.25, 0.3) is 5.69 Å². The summed E-state index contributed by atoms with van der Waals surface area (Å²) in [5.41, 5.74) is 3.04. The number of carboxylic acid groups (broad SMARTS) is 1. The molecule has 1 aliphatic carbocycles. The number of nitrogens with zero attached hydrogens (tertiary/aromatic N) is 3. The number of likely N-dealkylation sites (N-methyl/N-ethyl adjacent to an activating group) is 1. The minimum Gasteiger partial charge on any atom is -0.480 e. The first-order chi connectivity index (χ1) is 11.4. The molecule has 1 amide bonds. The second kappa shape index (κ2) is 6.07. The number of halogens is 1. The third kappa shape index (κ3) is 2.77. The van der Waals surface area contributed by atoms with Gasteiger partial charge in [-0.15, -0.1) is 0 Å². The predicted octanol–water partition coefficient (Wildman–Crippen LogP) is 1.97. The van der Waals surface area contributed by atoms with Crippen LogP contribution in [0.5, 0.6) is 0 Å². The molecule has 24 heavy (non-hydrogen) atoms. The van der Waals surface area contributed by atoms with Gasteiger partial charge in [0.05, 0.1) is 0 Å². The third-order valence-electron chi connectivity index (χ3n) is 4.18. The second-order valence-corrected chi connectivity index (χ2v) is 6.05. The summed E-state index contributed by atoms with van der Waals surface area (Å²) >= 11 is 0. The number of rotatable bonds is 4. The summed E-state index contributed by atoms with van der Waals surface area (Å²) < 4.78 is 15.7. The van der Waals surface area contributed by atoms with Crippen LogP contribution in [-0.2, 0) is 17.6 Å². The first-order valence-corrected chi connectivity index (χ1v) is 7.73. The number of aromatic nitrogens is 2. The number of amides is 1. The van der Waals surface area contributed by atoms with Crippen molar-refractivity contribution in [3.63, 3.8) is 0 Å². The average Bonchev–Trinajstić information content (AvgIpc) is 3.10. The summed E-state index contributed by atoms with van der Waals surface area (Å²) in [6, 6.07) is 4.75. The van der Waals surface area contributed by atoms with Gasteiger partial charge in [0.1, 0.15) is 18.0 Å². The summed E-state index contributed by atoms with van der Waals surface area (Å²) in [4.78, 5) is 24.5. The molecule has 0 atom stereocenters. The average molecular weight is 331 g/mol. The van der Waals surface area contributed by atoms with Gasteiger partial charge in [0.15, 0.2) is 5.69 Å². The molecule has 0 unspecified atom stereocenters. The molecule has 0 fully saturated rings. The van der Waals surface area contributed by atoms with E-state index in [2.05, 4.69) is 5.10 Å². The molecule has 7 heteroatoms. The zero-order valence-corrected chi connectivity index (χ0v) is 13.5. The predicted molar refractivity (Wildman–Crippen MR) is 84.9 cm³/mol. The molecule has 3 rings (SSSR count). The minimum atomic E-state index is -1.09. The van der Waals surface area contributed by atoms with Crippen LogP contribution >= 0.6 is 0 Å². The van der Waals surface area contributed by atoms with Crippen molar-refractivity contribution >= 4 is 11.9 Å². The fourth-order valence-corrected chi connectivity index (χ4v) is 3.05. The summed E-state index contributed by atoms with van der Waals surface area (Å²) in [6.45, 7) is 1.46. The molecule has 0 saturated carbocycles. The molecular weight excluding hydrogens is 313 g/mol. The number of hydrogen-bond acceptors (Lipinski definition) is 3. The maximum atomic E-state index is 14.2. The van der Waals surface area contributed by atoms with Gasteiger partial charge in [-0.3, -0.25) is 9.59 Å². The summed E-state index contributed by atoms with van der Waals surface area (Å²) in [5.74, 6) is -1.95. The first kappa shape index (κ1) is 16.2. The van der Waals surface area contributed by atoms with Crippen LogP contribution in [0.4, 0.5) is 4.39 Å². The van der Waals surface area contributed by atoms with Crippen molar-refractivity contribution in [2.24, 2.45) is 0 Å². The van der Waals surface area contributed by atoms with E-state index in [1.807, 2.05) is 6.92 Å². The maximum absolute atomic E-state index is 14.2. The molecule has 1 aliphatic rings. The van der Waals surface area contributed by atoms with Crippen LogP contribution in [0, 0.1) is 12.7 Å². The molecule has 1 N–H and O–H groups in total. The molecule has 0 aliphatic heterocycles. The molecule has 0 spiro atoms. The summed E-state index contributed by atoms with van der Waals surface area (Å²) in [6.07, 6.45) is 2.26. The molecule has 0 saturated heterocycles. The SMILES string of the molecule is Cc1ccc(F)c(-n2nc(C(=O)N(C)CC(=O)O)c3c2CCC3)c1. The Kier molecular flexibility index (Phi) is 4.09. The summed E-state index contributed by atoms with van der Waals surface area (Å²) in [5, 5.41) is 13.2. The van der Waals surface area contributed by atoms with E-state index in [9.17, 15) is 14.0 Å². The Hall–Kier alpha value is -2.70. The standard InChI is InChI=1S/C17H18FN3O3/c1-10-6-7-12(18)14(8-10)21-13-5-3-4-11(13)16(19-21)17(24)20(2)9-15(22)23/h6-8H,3-5,9H2,1-2H3,(H,22,23). The van der Waals surface area contributed by atoms with E-state index >= 15 is 0 Å². The second-order valence-electron chi connectivity index (χ2n) is 6.05. The lowest BCUT2D eigenvalue weighted by Gasteiger charge is -2.13. The molecule has 1 heterocycles. The van der Waals surface area contributed by atoms with Crippen LogP contribution in [0.15, 0.2) is 18.2 Å². The van der Waals surface area contributed by atoms with Crippen molar-refractivity contribution in [2.45, 2.75) is 26.2 Å². The quantitative estimate of drug-likeness (QED) is 0.929. The Labute approximate surface area is 138 Å². The molecule has 2 aromatic rings. The first-order valence-electron chi connectivity index (χ1n) is 7.73. The van der Waals surface area contributed by atoms with E-state index in [-0.39, 0.29) is 5.69 Å². The van der Waals surface area contributed by atoms with E-state index in [0.717, 1.165) is 28.1 Å². The lowest BCUT2D eigenvalue weighted by molar-refractivity contribution is -0.137. The van der Waals surface area contributed by atoms with Crippen LogP contribution in [0.3, 0.4) is 0 Å². The zero-order valence-electron chi connectivity index (χ0n) is 13.5. The fraction of sp³-hybridized carbons (Fsp3) is 0.353. The Morgan fingerprint density at radius 2 is 2.12 bits per heavy atom. The summed E-state index contributed by atoms with van der Waals surface area (Å²) in [7, 11) is 1.42. The molecule has 1 aromatic carbocycles. The normalized spacial score (nSPS) is 13.0. The van der Waals surface area contributed by atoms with Crippen LogP contribution in [0.1, 0.15) is 33.7 Å². The Bertz CT molecular complexity index is 829. The van der Waals surface area contributed by atoms with Crippen molar-refractivity contribution in [3.8, 4) is 5.69 Å². The monoisotopic (exact) mass is 331 g/mol. The highest BCUT2D eigenvalue weighted by Crippen LogP contribution is 2.29. The highest BCUT2D eigenvalue weighted by molar-refractivity contribution is 5.95. The number of aryl methyl sites for hydroxylation is 1. The molecule has 0 radical (unpaired) electrons. The third-order valence-corrected chi connectivity index (χ3v) is 4.18. The fourth-order valence-electron chi connectivity index (χ4n) is 3.05. The lowest BCUT2D eigenvalue weighted by Crippen LogP contribution is -2.32. The van der Waals surface area contributed by atoms with Crippen molar-refractivity contribution in [1.29, 1.82) is 0 Å². The number of carbonyl (C=O) groups excluding carboxylic acids is 1. The van der Waals surface area contributed by atoms with Crippen molar-refractivity contribution in [3.05, 3.63) is 46.5 Å². The van der Waals surface area contributed by atoms with E-state index in [1.165, 1.54) is 17.8 Å². The molecule has 1 aromatic heterocycles. The van der Waals surface area contributed by atoms with Crippen LogP contribution in [-0.4, -0.2) is 45.3 Å². The van der Waals surface area contributed by atoms with Gasteiger partial charge in [0.25, 0.3) is 5.91 Å². The van der Waals surface area contributed by atoms with Gasteiger partial charge < -0.3 is 10.0 Å². The number of carboxylic acids is 1. The molecular formula is C17H18FN3O3. The Morgan fingerprint density at radius 3 is 2.83 bits per heavy atom. The molecule has 6 nitrogen and oxygen atoms in total. The minimum absolute atomic E-state index is 0.215. The van der Waals surface area contributed by atoms with Crippen molar-refractivity contribution in [1.82, 2.24) is 14.7 Å².